The number of hydrogen-bond acceptors (Lipinski definition) is 2. The predicted octanol–water partition coefficient (Wildman–Crippen LogP) is 6.08. The van der Waals surface area contributed by atoms with Crippen LogP contribution in [-0.2, 0) is 11.0 Å². The van der Waals surface area contributed by atoms with Gasteiger partial charge in [-0.1, -0.05) is 54.1 Å². The molecule has 0 aliphatic carbocycles. The zero-order valence-corrected chi connectivity index (χ0v) is 15.3. The third kappa shape index (κ3) is 5.04. The first-order valence-corrected chi connectivity index (χ1v) is 8.77. The summed E-state index contributed by atoms with van der Waals surface area (Å²) in [5.74, 6) is -0.597. The maximum absolute atomic E-state index is 13.1. The van der Waals surface area contributed by atoms with Crippen LogP contribution in [0.2, 0.25) is 5.02 Å². The number of hydrogen-bond donors (Lipinski definition) is 2. The molecule has 3 aromatic rings. The van der Waals surface area contributed by atoms with Gasteiger partial charge in [0.1, 0.15) is 0 Å². The van der Waals surface area contributed by atoms with E-state index in [-0.39, 0.29) is 17.3 Å². The van der Waals surface area contributed by atoms with E-state index in [9.17, 15) is 18.0 Å². The molecule has 1 amide bonds. The SMILES string of the molecule is O=C(CNc1ccc(-c2ccccc2)cc1)Nc1ccc(Cl)cc1C(F)(F)F. The van der Waals surface area contributed by atoms with Crippen LogP contribution in [0.15, 0.2) is 72.8 Å². The second-order valence-corrected chi connectivity index (χ2v) is 6.47. The number of halogens is 4. The van der Waals surface area contributed by atoms with Crippen molar-refractivity contribution in [3.63, 3.8) is 0 Å². The first kappa shape index (κ1) is 19.8. The van der Waals surface area contributed by atoms with E-state index in [1.54, 1.807) is 12.1 Å². The minimum atomic E-state index is -4.62. The Morgan fingerprint density at radius 2 is 1.54 bits per heavy atom. The second kappa shape index (κ2) is 8.35. The quantitative estimate of drug-likeness (QED) is 0.541. The highest BCUT2D eigenvalue weighted by Gasteiger charge is 2.34. The van der Waals surface area contributed by atoms with Gasteiger partial charge in [-0.15, -0.1) is 0 Å². The van der Waals surface area contributed by atoms with Crippen molar-refractivity contribution < 1.29 is 18.0 Å². The van der Waals surface area contributed by atoms with Gasteiger partial charge in [0.25, 0.3) is 0 Å². The number of rotatable bonds is 5. The fourth-order valence-corrected chi connectivity index (χ4v) is 2.82. The first-order valence-electron chi connectivity index (χ1n) is 8.39. The molecule has 144 valence electrons. The van der Waals surface area contributed by atoms with Crippen molar-refractivity contribution in [3.05, 3.63) is 83.4 Å². The Labute approximate surface area is 165 Å². The lowest BCUT2D eigenvalue weighted by molar-refractivity contribution is -0.137. The summed E-state index contributed by atoms with van der Waals surface area (Å²) in [5.41, 5.74) is 1.45. The summed E-state index contributed by atoms with van der Waals surface area (Å²) in [6.07, 6.45) is -4.62. The molecule has 0 saturated heterocycles. The third-order valence-electron chi connectivity index (χ3n) is 4.01. The van der Waals surface area contributed by atoms with Gasteiger partial charge in [-0.2, -0.15) is 13.2 Å². The van der Waals surface area contributed by atoms with Crippen molar-refractivity contribution in [2.45, 2.75) is 6.18 Å². The van der Waals surface area contributed by atoms with Gasteiger partial charge < -0.3 is 10.6 Å². The van der Waals surface area contributed by atoms with E-state index in [4.69, 9.17) is 11.6 Å². The van der Waals surface area contributed by atoms with Gasteiger partial charge in [0, 0.05) is 10.7 Å². The molecule has 0 fully saturated rings. The zero-order chi connectivity index (χ0) is 20.1. The van der Waals surface area contributed by atoms with Crippen LogP contribution < -0.4 is 10.6 Å². The van der Waals surface area contributed by atoms with Crippen molar-refractivity contribution in [2.75, 3.05) is 17.2 Å². The van der Waals surface area contributed by atoms with Crippen molar-refractivity contribution in [2.24, 2.45) is 0 Å². The number of carbonyl (C=O) groups excluding carboxylic acids is 1. The number of amides is 1. The molecular formula is C21H16ClF3N2O. The zero-order valence-electron chi connectivity index (χ0n) is 14.6. The van der Waals surface area contributed by atoms with Gasteiger partial charge in [-0.3, -0.25) is 4.79 Å². The Hall–Kier alpha value is -2.99. The fraction of sp³-hybridized carbons (Fsp3) is 0.0952. The van der Waals surface area contributed by atoms with E-state index in [1.165, 1.54) is 6.07 Å². The van der Waals surface area contributed by atoms with E-state index in [1.807, 2.05) is 42.5 Å². The van der Waals surface area contributed by atoms with Crippen LogP contribution in [0.1, 0.15) is 5.56 Å². The first-order chi connectivity index (χ1) is 13.3. The Morgan fingerprint density at radius 3 is 2.18 bits per heavy atom. The number of anilines is 2. The van der Waals surface area contributed by atoms with Crippen molar-refractivity contribution in [3.8, 4) is 11.1 Å². The molecule has 3 nitrogen and oxygen atoms in total. The highest BCUT2D eigenvalue weighted by Crippen LogP contribution is 2.36. The van der Waals surface area contributed by atoms with E-state index >= 15 is 0 Å². The molecule has 0 saturated carbocycles. The average molecular weight is 405 g/mol. The average Bonchev–Trinajstić information content (AvgIpc) is 2.68. The van der Waals surface area contributed by atoms with E-state index in [0.717, 1.165) is 23.3 Å². The van der Waals surface area contributed by atoms with Gasteiger partial charge in [-0.05, 0) is 41.5 Å². The van der Waals surface area contributed by atoms with Crippen LogP contribution in [0.3, 0.4) is 0 Å². The standard InChI is InChI=1S/C21H16ClF3N2O/c22-16-8-11-19(18(12-16)21(23,24)25)27-20(28)13-26-17-9-6-15(7-10-17)14-4-2-1-3-5-14/h1-12,26H,13H2,(H,27,28). The van der Waals surface area contributed by atoms with Crippen LogP contribution in [0.4, 0.5) is 24.5 Å². The lowest BCUT2D eigenvalue weighted by Gasteiger charge is -2.14. The minimum Gasteiger partial charge on any atom is -0.376 e. The van der Waals surface area contributed by atoms with E-state index in [2.05, 4.69) is 10.6 Å². The number of alkyl halides is 3. The number of carbonyl (C=O) groups is 1. The van der Waals surface area contributed by atoms with Gasteiger partial charge >= 0.3 is 6.18 Å². The van der Waals surface area contributed by atoms with Crippen molar-refractivity contribution in [1.82, 2.24) is 0 Å². The molecule has 0 radical (unpaired) electrons. The molecule has 0 spiro atoms. The summed E-state index contributed by atoms with van der Waals surface area (Å²) in [6, 6.07) is 20.4. The number of benzene rings is 3. The van der Waals surface area contributed by atoms with E-state index in [0.29, 0.717) is 5.69 Å². The lowest BCUT2D eigenvalue weighted by atomic mass is 10.1. The molecule has 7 heteroatoms. The smallest absolute Gasteiger partial charge is 0.376 e. The Balaban J connectivity index is 1.62. The lowest BCUT2D eigenvalue weighted by Crippen LogP contribution is -2.23. The van der Waals surface area contributed by atoms with Crippen LogP contribution in [0, 0.1) is 0 Å². The summed E-state index contributed by atoms with van der Waals surface area (Å²) in [5, 5.41) is 5.11. The van der Waals surface area contributed by atoms with Crippen molar-refractivity contribution in [1.29, 1.82) is 0 Å². The van der Waals surface area contributed by atoms with Crippen LogP contribution >= 0.6 is 11.6 Å². The summed E-state index contributed by atoms with van der Waals surface area (Å²) in [6.45, 7) is -0.176. The summed E-state index contributed by atoms with van der Waals surface area (Å²) >= 11 is 5.63. The molecular weight excluding hydrogens is 389 g/mol. The monoisotopic (exact) mass is 404 g/mol. The summed E-state index contributed by atoms with van der Waals surface area (Å²) in [7, 11) is 0. The fourth-order valence-electron chi connectivity index (χ4n) is 2.65. The molecule has 3 aromatic carbocycles. The molecule has 0 aliphatic rings. The largest absolute Gasteiger partial charge is 0.418 e. The molecule has 0 unspecified atom stereocenters. The molecule has 0 aliphatic heterocycles. The van der Waals surface area contributed by atoms with Gasteiger partial charge in [-0.25, -0.2) is 0 Å². The topological polar surface area (TPSA) is 41.1 Å². The predicted molar refractivity (Wildman–Crippen MR) is 105 cm³/mol. The van der Waals surface area contributed by atoms with Crippen LogP contribution in [0.5, 0.6) is 0 Å². The van der Waals surface area contributed by atoms with E-state index < -0.39 is 17.6 Å². The summed E-state index contributed by atoms with van der Waals surface area (Å²) in [4.78, 5) is 12.1. The third-order valence-corrected chi connectivity index (χ3v) is 4.24. The molecule has 0 atom stereocenters. The molecule has 3 rings (SSSR count). The van der Waals surface area contributed by atoms with Crippen molar-refractivity contribution >= 4 is 28.9 Å². The summed E-state index contributed by atoms with van der Waals surface area (Å²) < 4.78 is 39.2. The molecule has 0 aromatic heterocycles. The molecule has 28 heavy (non-hydrogen) atoms. The van der Waals surface area contributed by atoms with Crippen LogP contribution in [-0.4, -0.2) is 12.5 Å². The maximum Gasteiger partial charge on any atom is 0.418 e. The molecule has 0 heterocycles. The normalized spacial score (nSPS) is 11.1. The highest BCUT2D eigenvalue weighted by atomic mass is 35.5. The Kier molecular flexibility index (Phi) is 5.90. The second-order valence-electron chi connectivity index (χ2n) is 6.03. The van der Waals surface area contributed by atoms with Crippen LogP contribution in [0.25, 0.3) is 11.1 Å². The highest BCUT2D eigenvalue weighted by molar-refractivity contribution is 6.30. The maximum atomic E-state index is 13.1. The Bertz CT molecular complexity index is 958. The van der Waals surface area contributed by atoms with Gasteiger partial charge in [0.2, 0.25) is 5.91 Å². The number of nitrogens with one attached hydrogen (secondary N) is 2. The van der Waals surface area contributed by atoms with Gasteiger partial charge in [0.15, 0.2) is 0 Å². The molecule has 0 bridgehead atoms. The molecule has 2 N–H and O–H groups in total. The minimum absolute atomic E-state index is 0.0537. The van der Waals surface area contributed by atoms with Gasteiger partial charge in [0.05, 0.1) is 17.8 Å². The Morgan fingerprint density at radius 1 is 0.893 bits per heavy atom.